The lowest BCUT2D eigenvalue weighted by Gasteiger charge is -2.10. The Balaban J connectivity index is 3.30. The fourth-order valence-corrected chi connectivity index (χ4v) is 0.539. The molecule has 58 valence electrons. The number of hydrogen-bond donors (Lipinski definition) is 1. The van der Waals surface area contributed by atoms with E-state index in [1.807, 2.05) is 0 Å². The smallest absolute Gasteiger partial charge is 0.119 e. The van der Waals surface area contributed by atoms with Crippen molar-refractivity contribution in [3.05, 3.63) is 0 Å². The molecular formula is C6H10NO3-. The van der Waals surface area contributed by atoms with Crippen molar-refractivity contribution >= 4 is 12.3 Å². The van der Waals surface area contributed by atoms with Gasteiger partial charge in [-0.1, -0.05) is 0 Å². The van der Waals surface area contributed by atoms with Crippen LogP contribution in [0.25, 0.3) is 0 Å². The van der Waals surface area contributed by atoms with Crippen LogP contribution >= 0.6 is 0 Å². The Morgan fingerprint density at radius 3 is 2.70 bits per heavy atom. The topological polar surface area (TPSA) is 83.2 Å². The highest BCUT2D eigenvalue weighted by Crippen LogP contribution is 1.95. The van der Waals surface area contributed by atoms with Crippen molar-refractivity contribution in [3.63, 3.8) is 0 Å². The van der Waals surface area contributed by atoms with Gasteiger partial charge in [0.1, 0.15) is 6.29 Å². The third-order valence-corrected chi connectivity index (χ3v) is 1.14. The molecule has 0 bridgehead atoms. The first-order chi connectivity index (χ1) is 4.68. The van der Waals surface area contributed by atoms with Gasteiger partial charge in [0.15, 0.2) is 0 Å². The van der Waals surface area contributed by atoms with Gasteiger partial charge in [0.2, 0.25) is 0 Å². The van der Waals surface area contributed by atoms with Gasteiger partial charge in [0.05, 0.1) is 5.97 Å². The zero-order chi connectivity index (χ0) is 7.98. The average molecular weight is 144 g/mol. The quantitative estimate of drug-likeness (QED) is 0.373. The molecule has 0 aliphatic carbocycles. The molecule has 0 amide bonds. The predicted octanol–water partition coefficient (Wildman–Crippen LogP) is -1.57. The third kappa shape index (κ3) is 4.03. The predicted molar refractivity (Wildman–Crippen MR) is 32.9 cm³/mol. The normalized spacial score (nSPS) is 12.5. The summed E-state index contributed by atoms with van der Waals surface area (Å²) in [6.07, 6.45) is 1.92. The lowest BCUT2D eigenvalue weighted by molar-refractivity contribution is -0.307. The second-order valence-corrected chi connectivity index (χ2v) is 2.02. The number of carbonyl (C=O) groups is 2. The van der Waals surface area contributed by atoms with Crippen LogP contribution in [0.2, 0.25) is 0 Å². The molecule has 0 rings (SSSR count). The summed E-state index contributed by atoms with van der Waals surface area (Å²) in [6, 6.07) is -0.931. The molecular weight excluding hydrogens is 134 g/mol. The number of carboxylic acid groups (broad SMARTS) is 1. The monoisotopic (exact) mass is 144 g/mol. The van der Waals surface area contributed by atoms with Crippen LogP contribution in [0, 0.1) is 0 Å². The van der Waals surface area contributed by atoms with Crippen molar-refractivity contribution in [1.82, 2.24) is 0 Å². The highest BCUT2D eigenvalue weighted by molar-refractivity contribution is 5.70. The Morgan fingerprint density at radius 2 is 2.30 bits per heavy atom. The van der Waals surface area contributed by atoms with Gasteiger partial charge in [-0.2, -0.15) is 0 Å². The van der Waals surface area contributed by atoms with Gasteiger partial charge in [-0.15, -0.1) is 0 Å². The molecule has 4 heteroatoms. The fourth-order valence-electron chi connectivity index (χ4n) is 0.539. The molecule has 0 aromatic carbocycles. The first kappa shape index (κ1) is 9.10. The van der Waals surface area contributed by atoms with Crippen molar-refractivity contribution in [2.75, 3.05) is 0 Å². The molecule has 0 aliphatic heterocycles. The number of rotatable bonds is 5. The van der Waals surface area contributed by atoms with Crippen molar-refractivity contribution < 1.29 is 14.7 Å². The van der Waals surface area contributed by atoms with Crippen molar-refractivity contribution in [3.8, 4) is 0 Å². The van der Waals surface area contributed by atoms with Crippen molar-refractivity contribution in [2.24, 2.45) is 5.73 Å². The van der Waals surface area contributed by atoms with E-state index in [4.69, 9.17) is 5.73 Å². The van der Waals surface area contributed by atoms with Crippen LogP contribution in [-0.4, -0.2) is 18.3 Å². The number of carboxylic acids is 1. The maximum Gasteiger partial charge on any atom is 0.119 e. The second-order valence-electron chi connectivity index (χ2n) is 2.02. The summed E-state index contributed by atoms with van der Waals surface area (Å²) in [5.74, 6) is -1.26. The van der Waals surface area contributed by atoms with Gasteiger partial charge in [0, 0.05) is 12.5 Å². The number of unbranched alkanes of at least 4 members (excludes halogenated alkanes) is 1. The Labute approximate surface area is 59.0 Å². The van der Waals surface area contributed by atoms with E-state index in [1.165, 1.54) is 0 Å². The van der Waals surface area contributed by atoms with Gasteiger partial charge in [-0.3, -0.25) is 0 Å². The van der Waals surface area contributed by atoms with Crippen LogP contribution in [-0.2, 0) is 9.59 Å². The summed E-state index contributed by atoms with van der Waals surface area (Å²) in [5, 5.41) is 9.97. The van der Waals surface area contributed by atoms with E-state index in [2.05, 4.69) is 0 Å². The third-order valence-electron chi connectivity index (χ3n) is 1.14. The molecule has 0 heterocycles. The molecule has 0 unspecified atom stereocenters. The van der Waals surface area contributed by atoms with Crippen molar-refractivity contribution in [2.45, 2.75) is 25.3 Å². The van der Waals surface area contributed by atoms with Crippen LogP contribution in [0.15, 0.2) is 0 Å². The molecule has 1 atom stereocenters. The molecule has 10 heavy (non-hydrogen) atoms. The highest BCUT2D eigenvalue weighted by atomic mass is 16.4. The maximum absolute atomic E-state index is 9.97. The van der Waals surface area contributed by atoms with Gasteiger partial charge < -0.3 is 20.4 Å². The van der Waals surface area contributed by atoms with Gasteiger partial charge in [-0.05, 0) is 12.8 Å². The van der Waals surface area contributed by atoms with Crippen LogP contribution in [0.1, 0.15) is 19.3 Å². The van der Waals surface area contributed by atoms with Gasteiger partial charge in [-0.25, -0.2) is 0 Å². The summed E-state index contributed by atoms with van der Waals surface area (Å²) in [4.78, 5) is 19.7. The molecule has 0 spiro atoms. The summed E-state index contributed by atoms with van der Waals surface area (Å²) in [7, 11) is 0. The molecule has 0 aromatic heterocycles. The Hall–Kier alpha value is -0.900. The largest absolute Gasteiger partial charge is 0.548 e. The van der Waals surface area contributed by atoms with Crippen LogP contribution in [0.3, 0.4) is 0 Å². The lowest BCUT2D eigenvalue weighted by Crippen LogP contribution is -2.41. The second kappa shape index (κ2) is 4.93. The van der Waals surface area contributed by atoms with E-state index in [0.29, 0.717) is 19.3 Å². The van der Waals surface area contributed by atoms with E-state index >= 15 is 0 Å². The number of aldehydes is 1. The molecule has 0 aliphatic rings. The van der Waals surface area contributed by atoms with E-state index < -0.39 is 12.0 Å². The van der Waals surface area contributed by atoms with Crippen LogP contribution < -0.4 is 10.8 Å². The van der Waals surface area contributed by atoms with Crippen LogP contribution in [0.5, 0.6) is 0 Å². The number of hydrogen-bond acceptors (Lipinski definition) is 4. The van der Waals surface area contributed by atoms with Gasteiger partial charge in [0.25, 0.3) is 0 Å². The standard InChI is InChI=1S/C6H11NO3/c7-5(6(9)10)3-1-2-4-8/h4-5H,1-3,7H2,(H,9,10)/p-1/t5-/m0/s1. The first-order valence-corrected chi connectivity index (χ1v) is 3.08. The zero-order valence-electron chi connectivity index (χ0n) is 5.58. The summed E-state index contributed by atoms with van der Waals surface area (Å²) >= 11 is 0. The SMILES string of the molecule is N[C@@H](CCCC=O)C(=O)[O-]. The summed E-state index contributed by atoms with van der Waals surface area (Å²) in [5.41, 5.74) is 5.08. The van der Waals surface area contributed by atoms with Gasteiger partial charge >= 0.3 is 0 Å². The number of nitrogens with two attached hydrogens (primary N) is 1. The van der Waals surface area contributed by atoms with Crippen LogP contribution in [0.4, 0.5) is 0 Å². The Bertz CT molecular complexity index is 124. The van der Waals surface area contributed by atoms with Crippen molar-refractivity contribution in [1.29, 1.82) is 0 Å². The maximum atomic E-state index is 9.97. The van der Waals surface area contributed by atoms with E-state index in [1.54, 1.807) is 0 Å². The molecule has 4 nitrogen and oxygen atoms in total. The summed E-state index contributed by atoms with van der Waals surface area (Å²) < 4.78 is 0. The van der Waals surface area contributed by atoms with E-state index in [-0.39, 0.29) is 0 Å². The minimum atomic E-state index is -1.26. The van der Waals surface area contributed by atoms with E-state index in [9.17, 15) is 14.7 Å². The molecule has 0 saturated carbocycles. The zero-order valence-corrected chi connectivity index (χ0v) is 5.58. The highest BCUT2D eigenvalue weighted by Gasteiger charge is 2.00. The Morgan fingerprint density at radius 1 is 1.70 bits per heavy atom. The van der Waals surface area contributed by atoms with E-state index in [0.717, 1.165) is 6.29 Å². The number of aliphatic carboxylic acids is 1. The molecule has 0 fully saturated rings. The molecule has 0 saturated heterocycles. The molecule has 2 N–H and O–H groups in total. The lowest BCUT2D eigenvalue weighted by atomic mass is 10.1. The minimum Gasteiger partial charge on any atom is -0.548 e. The summed E-state index contributed by atoms with van der Waals surface area (Å²) in [6.45, 7) is 0. The fraction of sp³-hybridized carbons (Fsp3) is 0.667. The minimum absolute atomic E-state index is 0.307. The molecule has 0 aromatic rings. The first-order valence-electron chi connectivity index (χ1n) is 3.08. The average Bonchev–Trinajstić information content (AvgIpc) is 1.88. The number of carbonyl (C=O) groups excluding carboxylic acids is 2. The Kier molecular flexibility index (Phi) is 4.49. The molecule has 0 radical (unpaired) electrons.